The van der Waals surface area contributed by atoms with Crippen molar-refractivity contribution in [2.75, 3.05) is 19.0 Å². The Morgan fingerprint density at radius 1 is 1.50 bits per heavy atom. The summed E-state index contributed by atoms with van der Waals surface area (Å²) in [5, 5.41) is 18.2. The Kier molecular flexibility index (Phi) is 3.83. The summed E-state index contributed by atoms with van der Waals surface area (Å²) < 4.78 is 0. The van der Waals surface area contributed by atoms with Gasteiger partial charge in [0.15, 0.2) is 5.13 Å². The SMILES string of the molecule is CN(C)c1ncc(C(CC(=O)O)C(=O)O)s1. The molecule has 0 saturated heterocycles. The van der Waals surface area contributed by atoms with Crippen molar-refractivity contribution in [2.24, 2.45) is 0 Å². The van der Waals surface area contributed by atoms with Crippen molar-refractivity contribution in [1.82, 2.24) is 4.98 Å². The van der Waals surface area contributed by atoms with Crippen molar-refractivity contribution < 1.29 is 19.8 Å². The predicted molar refractivity (Wildman–Crippen MR) is 59.1 cm³/mol. The molecule has 0 spiro atoms. The second-order valence-corrected chi connectivity index (χ2v) is 4.47. The normalized spacial score (nSPS) is 12.1. The van der Waals surface area contributed by atoms with Crippen molar-refractivity contribution >= 4 is 28.4 Å². The van der Waals surface area contributed by atoms with E-state index in [4.69, 9.17) is 10.2 Å². The van der Waals surface area contributed by atoms with Crippen LogP contribution in [0.2, 0.25) is 0 Å². The van der Waals surface area contributed by atoms with Crippen LogP contribution in [-0.4, -0.2) is 41.2 Å². The minimum absolute atomic E-state index is 0.426. The van der Waals surface area contributed by atoms with E-state index in [-0.39, 0.29) is 0 Å². The molecule has 1 atom stereocenters. The molecule has 0 bridgehead atoms. The highest BCUT2D eigenvalue weighted by atomic mass is 32.1. The van der Waals surface area contributed by atoms with Gasteiger partial charge in [-0.2, -0.15) is 0 Å². The van der Waals surface area contributed by atoms with Crippen LogP contribution in [0, 0.1) is 0 Å². The summed E-state index contributed by atoms with van der Waals surface area (Å²) in [5.74, 6) is -3.30. The molecule has 16 heavy (non-hydrogen) atoms. The summed E-state index contributed by atoms with van der Waals surface area (Å²) in [5.41, 5.74) is 0. The maximum Gasteiger partial charge on any atom is 0.312 e. The average molecular weight is 244 g/mol. The van der Waals surface area contributed by atoms with Crippen LogP contribution in [-0.2, 0) is 9.59 Å². The lowest BCUT2D eigenvalue weighted by Gasteiger charge is -2.07. The molecule has 0 aliphatic rings. The first-order valence-electron chi connectivity index (χ1n) is 4.49. The number of rotatable bonds is 5. The van der Waals surface area contributed by atoms with Gasteiger partial charge in [-0.3, -0.25) is 9.59 Å². The van der Waals surface area contributed by atoms with Crippen LogP contribution in [0.1, 0.15) is 17.2 Å². The number of hydrogen-bond acceptors (Lipinski definition) is 5. The quantitative estimate of drug-likeness (QED) is 0.798. The maximum absolute atomic E-state index is 10.9. The Balaban J connectivity index is 2.92. The fraction of sp³-hybridized carbons (Fsp3) is 0.444. The first kappa shape index (κ1) is 12.4. The third-order valence-corrected chi connectivity index (χ3v) is 3.19. The zero-order valence-electron chi connectivity index (χ0n) is 8.88. The zero-order valence-corrected chi connectivity index (χ0v) is 9.69. The zero-order chi connectivity index (χ0) is 12.3. The van der Waals surface area contributed by atoms with Gasteiger partial charge in [0, 0.05) is 25.2 Å². The molecule has 0 fully saturated rings. The van der Waals surface area contributed by atoms with E-state index in [1.165, 1.54) is 17.5 Å². The van der Waals surface area contributed by atoms with Gasteiger partial charge in [0.05, 0.1) is 6.42 Å². The van der Waals surface area contributed by atoms with Crippen molar-refractivity contribution in [3.63, 3.8) is 0 Å². The van der Waals surface area contributed by atoms with Crippen molar-refractivity contribution in [2.45, 2.75) is 12.3 Å². The number of thiazole rings is 1. The van der Waals surface area contributed by atoms with E-state index < -0.39 is 24.3 Å². The molecule has 0 aliphatic carbocycles. The monoisotopic (exact) mass is 244 g/mol. The lowest BCUT2D eigenvalue weighted by molar-refractivity contribution is -0.145. The molecule has 1 heterocycles. The fourth-order valence-electron chi connectivity index (χ4n) is 1.13. The number of carboxylic acid groups (broad SMARTS) is 2. The molecule has 0 saturated carbocycles. The van der Waals surface area contributed by atoms with E-state index in [2.05, 4.69) is 4.98 Å². The third kappa shape index (κ3) is 2.93. The Morgan fingerprint density at radius 2 is 2.12 bits per heavy atom. The van der Waals surface area contributed by atoms with E-state index in [0.29, 0.717) is 10.0 Å². The highest BCUT2D eigenvalue weighted by Gasteiger charge is 2.25. The van der Waals surface area contributed by atoms with Gasteiger partial charge in [-0.1, -0.05) is 0 Å². The van der Waals surface area contributed by atoms with Crippen LogP contribution in [0.25, 0.3) is 0 Å². The molecular formula is C9H12N2O4S. The van der Waals surface area contributed by atoms with Gasteiger partial charge < -0.3 is 15.1 Å². The molecule has 0 aromatic carbocycles. The minimum Gasteiger partial charge on any atom is -0.481 e. The molecule has 2 N–H and O–H groups in total. The van der Waals surface area contributed by atoms with Crippen molar-refractivity contribution in [1.29, 1.82) is 0 Å². The summed E-state index contributed by atoms with van der Waals surface area (Å²) in [7, 11) is 3.57. The van der Waals surface area contributed by atoms with E-state index >= 15 is 0 Å². The Labute approximate surface area is 96.2 Å². The van der Waals surface area contributed by atoms with Crippen LogP contribution < -0.4 is 4.90 Å². The van der Waals surface area contributed by atoms with Gasteiger partial charge in [0.2, 0.25) is 0 Å². The van der Waals surface area contributed by atoms with Crippen molar-refractivity contribution in [3.05, 3.63) is 11.1 Å². The van der Waals surface area contributed by atoms with E-state index in [1.807, 2.05) is 0 Å². The highest BCUT2D eigenvalue weighted by Crippen LogP contribution is 2.29. The van der Waals surface area contributed by atoms with Crippen LogP contribution in [0.15, 0.2) is 6.20 Å². The molecule has 1 aromatic rings. The summed E-state index contributed by atoms with van der Waals surface area (Å²) in [6.45, 7) is 0. The topological polar surface area (TPSA) is 90.7 Å². The fourth-order valence-corrected chi connectivity index (χ4v) is 2.06. The molecule has 6 nitrogen and oxygen atoms in total. The maximum atomic E-state index is 10.9. The first-order chi connectivity index (χ1) is 7.41. The molecule has 88 valence electrons. The molecule has 0 aliphatic heterocycles. The number of anilines is 1. The lowest BCUT2D eigenvalue weighted by Crippen LogP contribution is -2.14. The molecule has 1 aromatic heterocycles. The average Bonchev–Trinajstić information content (AvgIpc) is 2.61. The third-order valence-electron chi connectivity index (χ3n) is 1.91. The smallest absolute Gasteiger partial charge is 0.312 e. The molecule has 7 heteroatoms. The number of carbonyl (C=O) groups is 2. The first-order valence-corrected chi connectivity index (χ1v) is 5.31. The lowest BCUT2D eigenvalue weighted by atomic mass is 10.1. The van der Waals surface area contributed by atoms with Gasteiger partial charge in [-0.15, -0.1) is 11.3 Å². The van der Waals surface area contributed by atoms with Crippen LogP contribution >= 0.6 is 11.3 Å². The van der Waals surface area contributed by atoms with Gasteiger partial charge in [0.25, 0.3) is 0 Å². The van der Waals surface area contributed by atoms with Crippen LogP contribution in [0.4, 0.5) is 5.13 Å². The Morgan fingerprint density at radius 3 is 2.50 bits per heavy atom. The number of aromatic nitrogens is 1. The molecule has 0 amide bonds. The van der Waals surface area contributed by atoms with Crippen LogP contribution in [0.3, 0.4) is 0 Å². The van der Waals surface area contributed by atoms with Gasteiger partial charge in [-0.25, -0.2) is 4.98 Å². The summed E-state index contributed by atoms with van der Waals surface area (Å²) in [6.07, 6.45) is 0.992. The summed E-state index contributed by atoms with van der Waals surface area (Å²) in [6, 6.07) is 0. The van der Waals surface area contributed by atoms with E-state index in [9.17, 15) is 9.59 Å². The highest BCUT2D eigenvalue weighted by molar-refractivity contribution is 7.15. The largest absolute Gasteiger partial charge is 0.481 e. The van der Waals surface area contributed by atoms with E-state index in [1.54, 1.807) is 19.0 Å². The second-order valence-electron chi connectivity index (χ2n) is 3.43. The Bertz CT molecular complexity index is 402. The summed E-state index contributed by atoms with van der Waals surface area (Å²) >= 11 is 1.19. The van der Waals surface area contributed by atoms with E-state index in [0.717, 1.165) is 0 Å². The summed E-state index contributed by atoms with van der Waals surface area (Å²) in [4.78, 5) is 27.7. The van der Waals surface area contributed by atoms with Gasteiger partial charge in [-0.05, 0) is 0 Å². The standard InChI is InChI=1S/C9H12N2O4S/c1-11(2)9-10-4-6(16-9)5(8(14)15)3-7(12)13/h4-5H,3H2,1-2H3,(H,12,13)(H,14,15). The number of nitrogens with zero attached hydrogens (tertiary/aromatic N) is 2. The van der Waals surface area contributed by atoms with Crippen LogP contribution in [0.5, 0.6) is 0 Å². The molecule has 1 rings (SSSR count). The number of aliphatic carboxylic acids is 2. The molecular weight excluding hydrogens is 232 g/mol. The van der Waals surface area contributed by atoms with Gasteiger partial charge in [0.1, 0.15) is 5.92 Å². The number of hydrogen-bond donors (Lipinski definition) is 2. The molecule has 1 unspecified atom stereocenters. The van der Waals surface area contributed by atoms with Gasteiger partial charge >= 0.3 is 11.9 Å². The molecule has 0 radical (unpaired) electrons. The second kappa shape index (κ2) is 4.93. The Hall–Kier alpha value is -1.63. The predicted octanol–water partition coefficient (Wildman–Crippen LogP) is 0.852. The minimum atomic E-state index is -1.14. The number of carboxylic acids is 2. The van der Waals surface area contributed by atoms with Crippen molar-refractivity contribution in [3.8, 4) is 0 Å².